The first-order chi connectivity index (χ1) is 12.8. The van der Waals surface area contributed by atoms with Gasteiger partial charge in [-0.1, -0.05) is 45.0 Å². The van der Waals surface area contributed by atoms with Crippen LogP contribution in [-0.4, -0.2) is 28.6 Å². The minimum absolute atomic E-state index is 0.133. The minimum atomic E-state index is -0.133. The Bertz CT molecular complexity index is 909. The number of hydrogen-bond acceptors (Lipinski definition) is 3. The molecule has 0 saturated carbocycles. The third-order valence-electron chi connectivity index (χ3n) is 5.89. The summed E-state index contributed by atoms with van der Waals surface area (Å²) in [6, 6.07) is 13.2. The molecule has 0 spiro atoms. The number of fused-ring (bicyclic) bond motifs is 1. The van der Waals surface area contributed by atoms with Crippen LogP contribution in [0.3, 0.4) is 0 Å². The first kappa shape index (κ1) is 18.1. The molecule has 27 heavy (non-hydrogen) atoms. The molecule has 1 fully saturated rings. The van der Waals surface area contributed by atoms with Crippen LogP contribution in [0.15, 0.2) is 48.8 Å². The van der Waals surface area contributed by atoms with E-state index in [0.717, 1.165) is 43.7 Å². The Balaban J connectivity index is 1.44. The highest BCUT2D eigenvalue weighted by Gasteiger charge is 2.32. The van der Waals surface area contributed by atoms with Gasteiger partial charge in [0.2, 0.25) is 0 Å². The van der Waals surface area contributed by atoms with E-state index in [0.29, 0.717) is 0 Å². The van der Waals surface area contributed by atoms with E-state index in [4.69, 9.17) is 5.73 Å². The second kappa shape index (κ2) is 6.68. The van der Waals surface area contributed by atoms with Crippen LogP contribution < -0.4 is 10.6 Å². The fourth-order valence-corrected chi connectivity index (χ4v) is 4.09. The molecular weight excluding hydrogens is 332 g/mol. The van der Waals surface area contributed by atoms with Crippen LogP contribution >= 0.6 is 0 Å². The van der Waals surface area contributed by atoms with Gasteiger partial charge >= 0.3 is 0 Å². The zero-order valence-corrected chi connectivity index (χ0v) is 16.6. The molecular formula is C23H30N4. The van der Waals surface area contributed by atoms with Gasteiger partial charge in [-0.15, -0.1) is 0 Å². The van der Waals surface area contributed by atoms with E-state index in [-0.39, 0.29) is 11.0 Å². The fraction of sp³-hybridized carbons (Fsp3) is 0.435. The lowest BCUT2D eigenvalue weighted by Crippen LogP contribution is -2.52. The largest absolute Gasteiger partial charge is 0.361 e. The van der Waals surface area contributed by atoms with Gasteiger partial charge in [0, 0.05) is 36.4 Å². The van der Waals surface area contributed by atoms with E-state index in [1.807, 2.05) is 18.5 Å². The van der Waals surface area contributed by atoms with Crippen LogP contribution in [0.5, 0.6) is 0 Å². The molecule has 0 atom stereocenters. The summed E-state index contributed by atoms with van der Waals surface area (Å²) in [5, 5.41) is 1.19. The van der Waals surface area contributed by atoms with Gasteiger partial charge in [-0.25, -0.2) is 4.98 Å². The number of anilines is 1. The van der Waals surface area contributed by atoms with Crippen LogP contribution in [0.25, 0.3) is 10.9 Å². The number of rotatable bonds is 3. The van der Waals surface area contributed by atoms with Crippen LogP contribution in [0, 0.1) is 0 Å². The Hall–Kier alpha value is -2.33. The highest BCUT2D eigenvalue weighted by atomic mass is 15.2. The summed E-state index contributed by atoms with van der Waals surface area (Å²) in [7, 11) is 0. The number of piperidine rings is 1. The van der Waals surface area contributed by atoms with Crippen molar-refractivity contribution in [1.82, 2.24) is 9.97 Å². The second-order valence-corrected chi connectivity index (χ2v) is 9.05. The van der Waals surface area contributed by atoms with E-state index < -0.39 is 0 Å². The number of hydrogen-bond donors (Lipinski definition) is 2. The van der Waals surface area contributed by atoms with Crippen molar-refractivity contribution < 1.29 is 0 Å². The lowest BCUT2D eigenvalue weighted by Gasteiger charge is -2.40. The lowest BCUT2D eigenvalue weighted by atomic mass is 9.81. The van der Waals surface area contributed by atoms with Crippen molar-refractivity contribution in [3.8, 4) is 0 Å². The average Bonchev–Trinajstić information content (AvgIpc) is 3.11. The molecule has 4 heteroatoms. The Morgan fingerprint density at radius 1 is 1.07 bits per heavy atom. The maximum Gasteiger partial charge on any atom is 0.137 e. The summed E-state index contributed by atoms with van der Waals surface area (Å²) in [6.07, 6.45) is 6.77. The van der Waals surface area contributed by atoms with Crippen molar-refractivity contribution in [2.45, 2.75) is 51.0 Å². The Morgan fingerprint density at radius 2 is 1.78 bits per heavy atom. The van der Waals surface area contributed by atoms with Crippen LogP contribution in [0.2, 0.25) is 0 Å². The van der Waals surface area contributed by atoms with Crippen molar-refractivity contribution in [1.29, 1.82) is 0 Å². The molecule has 2 aromatic heterocycles. The number of nitrogens with one attached hydrogen (secondary N) is 1. The molecule has 3 N–H and O–H groups in total. The summed E-state index contributed by atoms with van der Waals surface area (Å²) < 4.78 is 0. The predicted octanol–water partition coefficient (Wildman–Crippen LogP) is 4.40. The van der Waals surface area contributed by atoms with Crippen molar-refractivity contribution >= 4 is 16.7 Å². The summed E-state index contributed by atoms with van der Waals surface area (Å²) in [4.78, 5) is 10.3. The highest BCUT2D eigenvalue weighted by Crippen LogP contribution is 2.31. The lowest BCUT2D eigenvalue weighted by molar-refractivity contribution is 0.330. The van der Waals surface area contributed by atoms with Gasteiger partial charge in [-0.2, -0.15) is 0 Å². The van der Waals surface area contributed by atoms with E-state index in [2.05, 4.69) is 66.0 Å². The highest BCUT2D eigenvalue weighted by molar-refractivity contribution is 5.90. The average molecular weight is 363 g/mol. The molecule has 1 aromatic carbocycles. The second-order valence-electron chi connectivity index (χ2n) is 9.05. The molecule has 0 radical (unpaired) electrons. The third-order valence-corrected chi connectivity index (χ3v) is 5.89. The van der Waals surface area contributed by atoms with E-state index in [9.17, 15) is 0 Å². The van der Waals surface area contributed by atoms with Crippen LogP contribution in [0.4, 0.5) is 5.82 Å². The topological polar surface area (TPSA) is 57.9 Å². The SMILES string of the molecule is CC(C)(C)c1ccc(CC2(N)CCN(c3nccc4[nH]ccc34)CC2)cc1. The number of nitrogens with two attached hydrogens (primary N) is 1. The Morgan fingerprint density at radius 3 is 2.44 bits per heavy atom. The molecule has 0 amide bonds. The summed E-state index contributed by atoms with van der Waals surface area (Å²) >= 11 is 0. The Labute approximate surface area is 161 Å². The summed E-state index contributed by atoms with van der Waals surface area (Å²) in [5.74, 6) is 1.07. The van der Waals surface area contributed by atoms with Gasteiger partial charge in [0.15, 0.2) is 0 Å². The molecule has 0 aliphatic carbocycles. The van der Waals surface area contributed by atoms with E-state index in [1.54, 1.807) is 0 Å². The zero-order chi connectivity index (χ0) is 19.1. The Kier molecular flexibility index (Phi) is 4.47. The molecule has 0 unspecified atom stereocenters. The summed E-state index contributed by atoms with van der Waals surface area (Å²) in [5.41, 5.74) is 10.7. The number of aromatic amines is 1. The third kappa shape index (κ3) is 3.72. The van der Waals surface area contributed by atoms with E-state index in [1.165, 1.54) is 16.5 Å². The molecule has 0 bridgehead atoms. The molecule has 1 saturated heterocycles. The molecule has 1 aliphatic heterocycles. The smallest absolute Gasteiger partial charge is 0.137 e. The van der Waals surface area contributed by atoms with Crippen LogP contribution in [-0.2, 0) is 11.8 Å². The molecule has 3 aromatic rings. The molecule has 4 nitrogen and oxygen atoms in total. The predicted molar refractivity (Wildman–Crippen MR) is 113 cm³/mol. The monoisotopic (exact) mass is 362 g/mol. The van der Waals surface area contributed by atoms with Crippen molar-refractivity contribution in [2.75, 3.05) is 18.0 Å². The van der Waals surface area contributed by atoms with Crippen molar-refractivity contribution in [2.24, 2.45) is 5.73 Å². The van der Waals surface area contributed by atoms with E-state index >= 15 is 0 Å². The standard InChI is InChI=1S/C23H30N4/c1-22(2,3)18-6-4-17(5-7-18)16-23(24)10-14-27(15-11-23)21-19-8-12-25-20(19)9-13-26-21/h4-9,12-13,25H,10-11,14-16,24H2,1-3H3. The molecule has 1 aliphatic rings. The molecule has 4 rings (SSSR count). The molecule has 3 heterocycles. The first-order valence-corrected chi connectivity index (χ1v) is 9.89. The van der Waals surface area contributed by atoms with Gasteiger partial charge < -0.3 is 15.6 Å². The van der Waals surface area contributed by atoms with Gasteiger partial charge in [-0.3, -0.25) is 0 Å². The summed E-state index contributed by atoms with van der Waals surface area (Å²) in [6.45, 7) is 8.66. The van der Waals surface area contributed by atoms with Gasteiger partial charge in [0.25, 0.3) is 0 Å². The van der Waals surface area contributed by atoms with Crippen molar-refractivity contribution in [3.63, 3.8) is 0 Å². The normalized spacial score (nSPS) is 17.4. The minimum Gasteiger partial charge on any atom is -0.361 e. The van der Waals surface area contributed by atoms with Crippen molar-refractivity contribution in [3.05, 3.63) is 59.9 Å². The van der Waals surface area contributed by atoms with Gasteiger partial charge in [0.05, 0.1) is 5.52 Å². The number of H-pyrrole nitrogens is 1. The van der Waals surface area contributed by atoms with Gasteiger partial charge in [-0.05, 0) is 47.9 Å². The van der Waals surface area contributed by atoms with Gasteiger partial charge in [0.1, 0.15) is 5.82 Å². The number of pyridine rings is 1. The molecule has 142 valence electrons. The fourth-order valence-electron chi connectivity index (χ4n) is 4.09. The maximum atomic E-state index is 6.79. The first-order valence-electron chi connectivity index (χ1n) is 9.89. The van der Waals surface area contributed by atoms with Crippen LogP contribution in [0.1, 0.15) is 44.7 Å². The quantitative estimate of drug-likeness (QED) is 0.726. The maximum absolute atomic E-state index is 6.79. The number of benzene rings is 1. The number of aromatic nitrogens is 2. The zero-order valence-electron chi connectivity index (χ0n) is 16.6. The number of nitrogens with zero attached hydrogens (tertiary/aromatic N) is 2.